The van der Waals surface area contributed by atoms with Gasteiger partial charge < -0.3 is 14.6 Å². The monoisotopic (exact) mass is 286 g/mol. The van der Waals surface area contributed by atoms with Crippen LogP contribution in [0.1, 0.15) is 30.6 Å². The van der Waals surface area contributed by atoms with Gasteiger partial charge in [-0.2, -0.15) is 0 Å². The van der Waals surface area contributed by atoms with Crippen molar-refractivity contribution in [2.24, 2.45) is 0 Å². The van der Waals surface area contributed by atoms with Crippen LogP contribution in [0.3, 0.4) is 0 Å². The van der Waals surface area contributed by atoms with Crippen molar-refractivity contribution in [3.8, 4) is 11.5 Å². The minimum Gasteiger partial charge on any atom is -0.494 e. The van der Waals surface area contributed by atoms with Crippen molar-refractivity contribution in [1.29, 1.82) is 0 Å². The van der Waals surface area contributed by atoms with E-state index in [2.05, 4.69) is 0 Å². The van der Waals surface area contributed by atoms with E-state index in [1.54, 1.807) is 0 Å². The minimum absolute atomic E-state index is 0.484. The maximum Gasteiger partial charge on any atom is 0.119 e. The number of hydrogen-bond donors (Lipinski definition) is 1. The second-order valence-electron chi connectivity index (χ2n) is 4.97. The summed E-state index contributed by atoms with van der Waals surface area (Å²) in [5.74, 6) is 1.67. The van der Waals surface area contributed by atoms with Gasteiger partial charge in [0.15, 0.2) is 0 Å². The van der Waals surface area contributed by atoms with Crippen molar-refractivity contribution in [1.82, 2.24) is 0 Å². The topological polar surface area (TPSA) is 38.7 Å². The molecule has 0 aliphatic carbocycles. The summed E-state index contributed by atoms with van der Waals surface area (Å²) in [7, 11) is 0. The standard InChI is InChI=1S/C18H22O3/c1-3-20-16-9-7-15(8-10-16)18(19)11-12-21-17-6-4-5-14(2)13-17/h4-10,13,18-19H,3,11-12H2,1-2H3. The van der Waals surface area contributed by atoms with Gasteiger partial charge in [-0.25, -0.2) is 0 Å². The Morgan fingerprint density at radius 1 is 1.00 bits per heavy atom. The van der Waals surface area contributed by atoms with Gasteiger partial charge in [0, 0.05) is 6.42 Å². The highest BCUT2D eigenvalue weighted by molar-refractivity contribution is 5.29. The van der Waals surface area contributed by atoms with Gasteiger partial charge in [0.25, 0.3) is 0 Å². The van der Waals surface area contributed by atoms with E-state index < -0.39 is 6.10 Å². The Kier molecular flexibility index (Phi) is 5.64. The molecule has 0 radical (unpaired) electrons. The van der Waals surface area contributed by atoms with Crippen molar-refractivity contribution in [2.75, 3.05) is 13.2 Å². The Hall–Kier alpha value is -2.00. The molecule has 0 bridgehead atoms. The SMILES string of the molecule is CCOc1ccc(C(O)CCOc2cccc(C)c2)cc1. The van der Waals surface area contributed by atoms with E-state index in [1.165, 1.54) is 5.56 Å². The molecule has 0 aromatic heterocycles. The van der Waals surface area contributed by atoms with Crippen molar-refractivity contribution < 1.29 is 14.6 Å². The van der Waals surface area contributed by atoms with Gasteiger partial charge in [-0.3, -0.25) is 0 Å². The maximum absolute atomic E-state index is 10.2. The van der Waals surface area contributed by atoms with Gasteiger partial charge in [0.05, 0.1) is 19.3 Å². The number of aliphatic hydroxyl groups excluding tert-OH is 1. The summed E-state index contributed by atoms with van der Waals surface area (Å²) in [4.78, 5) is 0. The van der Waals surface area contributed by atoms with Crippen molar-refractivity contribution in [2.45, 2.75) is 26.4 Å². The van der Waals surface area contributed by atoms with Crippen LogP contribution < -0.4 is 9.47 Å². The number of aliphatic hydroxyl groups is 1. The Morgan fingerprint density at radius 2 is 1.76 bits per heavy atom. The number of aryl methyl sites for hydroxylation is 1. The van der Waals surface area contributed by atoms with E-state index >= 15 is 0 Å². The molecule has 0 heterocycles. The fraction of sp³-hybridized carbons (Fsp3) is 0.333. The lowest BCUT2D eigenvalue weighted by Gasteiger charge is -2.13. The third-order valence-electron chi connectivity index (χ3n) is 3.23. The third-order valence-corrected chi connectivity index (χ3v) is 3.23. The number of rotatable bonds is 7. The lowest BCUT2D eigenvalue weighted by molar-refractivity contribution is 0.140. The highest BCUT2D eigenvalue weighted by atomic mass is 16.5. The van der Waals surface area contributed by atoms with Gasteiger partial charge >= 0.3 is 0 Å². The summed E-state index contributed by atoms with van der Waals surface area (Å²) in [5, 5.41) is 10.2. The third kappa shape index (κ3) is 4.80. The van der Waals surface area contributed by atoms with Crippen LogP contribution in [0.15, 0.2) is 48.5 Å². The lowest BCUT2D eigenvalue weighted by atomic mass is 10.1. The van der Waals surface area contributed by atoms with Crippen molar-refractivity contribution in [3.63, 3.8) is 0 Å². The minimum atomic E-state index is -0.523. The number of benzene rings is 2. The highest BCUT2D eigenvalue weighted by Crippen LogP contribution is 2.21. The second kappa shape index (κ2) is 7.70. The second-order valence-corrected chi connectivity index (χ2v) is 4.97. The average Bonchev–Trinajstić information content (AvgIpc) is 2.48. The largest absolute Gasteiger partial charge is 0.494 e. The Bertz CT molecular complexity index is 549. The molecule has 1 N–H and O–H groups in total. The maximum atomic E-state index is 10.2. The molecule has 2 aromatic carbocycles. The molecule has 1 atom stereocenters. The Morgan fingerprint density at radius 3 is 2.43 bits per heavy atom. The van der Waals surface area contributed by atoms with Crippen LogP contribution in [-0.2, 0) is 0 Å². The van der Waals surface area contributed by atoms with Crippen molar-refractivity contribution >= 4 is 0 Å². The summed E-state index contributed by atoms with van der Waals surface area (Å²) in [6.45, 7) is 5.11. The Labute approximate surface area is 126 Å². The lowest BCUT2D eigenvalue weighted by Crippen LogP contribution is -2.05. The van der Waals surface area contributed by atoms with Crippen LogP contribution in [0.4, 0.5) is 0 Å². The van der Waals surface area contributed by atoms with E-state index in [4.69, 9.17) is 9.47 Å². The highest BCUT2D eigenvalue weighted by Gasteiger charge is 2.08. The van der Waals surface area contributed by atoms with Crippen molar-refractivity contribution in [3.05, 3.63) is 59.7 Å². The normalized spacial score (nSPS) is 12.0. The average molecular weight is 286 g/mol. The Balaban J connectivity index is 1.82. The van der Waals surface area contributed by atoms with Crippen LogP contribution in [0.5, 0.6) is 11.5 Å². The van der Waals surface area contributed by atoms with E-state index in [9.17, 15) is 5.11 Å². The predicted molar refractivity (Wildman–Crippen MR) is 83.9 cm³/mol. The smallest absolute Gasteiger partial charge is 0.119 e. The van der Waals surface area contributed by atoms with Crippen LogP contribution >= 0.6 is 0 Å². The first-order valence-corrected chi connectivity index (χ1v) is 7.29. The zero-order chi connectivity index (χ0) is 15.1. The molecule has 0 saturated heterocycles. The summed E-state index contributed by atoms with van der Waals surface area (Å²) >= 11 is 0. The van der Waals surface area contributed by atoms with E-state index in [1.807, 2.05) is 62.4 Å². The fourth-order valence-electron chi connectivity index (χ4n) is 2.11. The summed E-state index contributed by atoms with van der Waals surface area (Å²) in [6.07, 6.45) is 0.0348. The van der Waals surface area contributed by atoms with E-state index in [0.29, 0.717) is 19.6 Å². The van der Waals surface area contributed by atoms with Crippen LogP contribution in [0.2, 0.25) is 0 Å². The first-order chi connectivity index (χ1) is 10.2. The first kappa shape index (κ1) is 15.4. The van der Waals surface area contributed by atoms with Crippen LogP contribution in [0.25, 0.3) is 0 Å². The van der Waals surface area contributed by atoms with Gasteiger partial charge in [-0.15, -0.1) is 0 Å². The first-order valence-electron chi connectivity index (χ1n) is 7.29. The molecule has 3 heteroatoms. The quantitative estimate of drug-likeness (QED) is 0.839. The molecule has 0 aliphatic heterocycles. The van der Waals surface area contributed by atoms with E-state index in [-0.39, 0.29) is 0 Å². The van der Waals surface area contributed by atoms with E-state index in [0.717, 1.165) is 17.1 Å². The number of ether oxygens (including phenoxy) is 2. The summed E-state index contributed by atoms with van der Waals surface area (Å²) in [6, 6.07) is 15.5. The molecule has 112 valence electrons. The molecule has 21 heavy (non-hydrogen) atoms. The zero-order valence-corrected chi connectivity index (χ0v) is 12.6. The molecule has 0 saturated carbocycles. The van der Waals surface area contributed by atoms with Gasteiger partial charge in [-0.1, -0.05) is 24.3 Å². The molecule has 2 rings (SSSR count). The summed E-state index contributed by atoms with van der Waals surface area (Å²) < 4.78 is 11.0. The molecule has 3 nitrogen and oxygen atoms in total. The molecule has 0 aliphatic rings. The molecule has 0 fully saturated rings. The molecule has 0 spiro atoms. The van der Waals surface area contributed by atoms with Crippen LogP contribution in [0, 0.1) is 6.92 Å². The fourth-order valence-corrected chi connectivity index (χ4v) is 2.11. The van der Waals surface area contributed by atoms with Gasteiger partial charge in [-0.05, 0) is 49.2 Å². The molecular weight excluding hydrogens is 264 g/mol. The predicted octanol–water partition coefficient (Wildman–Crippen LogP) is 3.90. The number of hydrogen-bond acceptors (Lipinski definition) is 3. The zero-order valence-electron chi connectivity index (χ0n) is 12.6. The summed E-state index contributed by atoms with van der Waals surface area (Å²) in [5.41, 5.74) is 2.05. The molecular formula is C18H22O3. The molecule has 2 aromatic rings. The molecule has 1 unspecified atom stereocenters. The van der Waals surface area contributed by atoms with Gasteiger partial charge in [0.2, 0.25) is 0 Å². The van der Waals surface area contributed by atoms with Gasteiger partial charge in [0.1, 0.15) is 11.5 Å². The van der Waals surface area contributed by atoms with Crippen LogP contribution in [-0.4, -0.2) is 18.3 Å². The molecule has 0 amide bonds.